The van der Waals surface area contributed by atoms with E-state index < -0.39 is 30.3 Å². The molecule has 1 saturated heterocycles. The third kappa shape index (κ3) is 5.22. The molecule has 8 heteroatoms. The van der Waals surface area contributed by atoms with Crippen molar-refractivity contribution in [2.24, 2.45) is 5.73 Å². The number of ether oxygens (including phenoxy) is 1. The van der Waals surface area contributed by atoms with E-state index >= 15 is 0 Å². The zero-order valence-corrected chi connectivity index (χ0v) is 22.7. The van der Waals surface area contributed by atoms with Gasteiger partial charge in [-0.3, -0.25) is 4.79 Å². The molecule has 39 heavy (non-hydrogen) atoms. The Morgan fingerprint density at radius 1 is 0.897 bits per heavy atom. The SMILES string of the molecule is CC1(C)OB(C(=Cc2ccccc2C(N)=O)CNC(=O)OCC2c3ccccc3-c3ccccc32)OC1(C)C. The van der Waals surface area contributed by atoms with Crippen LogP contribution < -0.4 is 11.1 Å². The van der Waals surface area contributed by atoms with Gasteiger partial charge in [-0.2, -0.15) is 0 Å². The van der Waals surface area contributed by atoms with E-state index in [2.05, 4.69) is 29.6 Å². The van der Waals surface area contributed by atoms with Crippen LogP contribution >= 0.6 is 0 Å². The molecular weight excluding hydrogens is 491 g/mol. The Bertz CT molecular complexity index is 1390. The Morgan fingerprint density at radius 2 is 1.44 bits per heavy atom. The van der Waals surface area contributed by atoms with Crippen molar-refractivity contribution >= 4 is 25.2 Å². The number of nitrogens with two attached hydrogens (primary N) is 1. The Hall–Kier alpha value is -3.88. The number of hydrogen-bond donors (Lipinski definition) is 2. The van der Waals surface area contributed by atoms with E-state index in [0.717, 1.165) is 11.1 Å². The Balaban J connectivity index is 1.33. The van der Waals surface area contributed by atoms with Crippen molar-refractivity contribution in [1.29, 1.82) is 0 Å². The Labute approximate surface area is 229 Å². The second kappa shape index (κ2) is 10.4. The fourth-order valence-corrected chi connectivity index (χ4v) is 5.07. The van der Waals surface area contributed by atoms with Gasteiger partial charge in [0, 0.05) is 18.0 Å². The van der Waals surface area contributed by atoms with Crippen LogP contribution in [0.25, 0.3) is 17.2 Å². The number of fused-ring (bicyclic) bond motifs is 3. The molecule has 0 unspecified atom stereocenters. The first-order chi connectivity index (χ1) is 18.6. The molecule has 1 aliphatic carbocycles. The summed E-state index contributed by atoms with van der Waals surface area (Å²) in [7, 11) is -0.732. The second-order valence-corrected chi connectivity index (χ2v) is 10.9. The van der Waals surface area contributed by atoms with Gasteiger partial charge < -0.3 is 25.1 Å². The van der Waals surface area contributed by atoms with Gasteiger partial charge in [0.15, 0.2) is 0 Å². The summed E-state index contributed by atoms with van der Waals surface area (Å²) in [5.74, 6) is -0.580. The highest BCUT2D eigenvalue weighted by atomic mass is 16.7. The van der Waals surface area contributed by atoms with Crippen molar-refractivity contribution in [3.05, 3.63) is 101 Å². The van der Waals surface area contributed by atoms with Gasteiger partial charge in [-0.05, 0) is 67.1 Å². The average molecular weight is 524 g/mol. The van der Waals surface area contributed by atoms with Gasteiger partial charge in [0.05, 0.1) is 11.2 Å². The van der Waals surface area contributed by atoms with Gasteiger partial charge >= 0.3 is 13.2 Å². The van der Waals surface area contributed by atoms with E-state index in [1.165, 1.54) is 11.1 Å². The van der Waals surface area contributed by atoms with Crippen LogP contribution in [0.15, 0.2) is 78.3 Å². The molecule has 7 nitrogen and oxygen atoms in total. The smallest absolute Gasteiger partial charge is 0.449 e. The monoisotopic (exact) mass is 524 g/mol. The lowest BCUT2D eigenvalue weighted by molar-refractivity contribution is 0.00578. The minimum absolute atomic E-state index is 0.0382. The number of alkyl carbamates (subject to hydrolysis) is 1. The molecule has 3 N–H and O–H groups in total. The van der Waals surface area contributed by atoms with Crippen LogP contribution in [0.4, 0.5) is 4.79 Å². The number of hydrogen-bond acceptors (Lipinski definition) is 5. The largest absolute Gasteiger partial charge is 0.492 e. The molecule has 0 bridgehead atoms. The molecule has 3 aromatic carbocycles. The van der Waals surface area contributed by atoms with Crippen LogP contribution in [-0.2, 0) is 14.0 Å². The summed E-state index contributed by atoms with van der Waals surface area (Å²) in [6, 6.07) is 23.4. The number of carbonyl (C=O) groups excluding carboxylic acids is 2. The number of primary amides is 1. The lowest BCUT2D eigenvalue weighted by Crippen LogP contribution is -2.41. The summed E-state index contributed by atoms with van der Waals surface area (Å²) in [6.45, 7) is 8.14. The van der Waals surface area contributed by atoms with Crippen LogP contribution in [0.5, 0.6) is 0 Å². The van der Waals surface area contributed by atoms with Crippen molar-refractivity contribution < 1.29 is 23.6 Å². The van der Waals surface area contributed by atoms with Crippen molar-refractivity contribution in [3.63, 3.8) is 0 Å². The number of amides is 2. The Morgan fingerprint density at radius 3 is 2.03 bits per heavy atom. The standard InChI is InChI=1S/C31H33BN2O5/c1-30(2)31(3,4)39-32(38-30)21(17-20-11-5-6-12-22(20)28(33)35)18-34-29(36)37-19-27-25-15-9-7-13-23(25)24-14-8-10-16-26(24)27/h5-17,27H,18-19H2,1-4H3,(H2,33,35)(H,34,36). The first-order valence-corrected chi connectivity index (χ1v) is 13.1. The first-order valence-electron chi connectivity index (χ1n) is 13.1. The minimum Gasteiger partial charge on any atom is -0.449 e. The number of rotatable bonds is 7. The van der Waals surface area contributed by atoms with Gasteiger partial charge in [-0.1, -0.05) is 72.8 Å². The van der Waals surface area contributed by atoms with Crippen molar-refractivity contribution in [2.45, 2.75) is 44.8 Å². The lowest BCUT2D eigenvalue weighted by atomic mass is 9.76. The van der Waals surface area contributed by atoms with Gasteiger partial charge in [0.1, 0.15) is 6.61 Å². The normalized spacial score (nSPS) is 17.4. The molecule has 2 amide bonds. The molecule has 1 fully saturated rings. The third-order valence-electron chi connectivity index (χ3n) is 7.90. The second-order valence-electron chi connectivity index (χ2n) is 10.9. The zero-order valence-electron chi connectivity index (χ0n) is 22.7. The van der Waals surface area contributed by atoms with E-state index in [4.69, 9.17) is 19.8 Å². The predicted molar refractivity (Wildman–Crippen MR) is 152 cm³/mol. The average Bonchev–Trinajstić information content (AvgIpc) is 3.34. The molecule has 0 aromatic heterocycles. The maximum Gasteiger partial charge on any atom is 0.492 e. The molecule has 200 valence electrons. The summed E-state index contributed by atoms with van der Waals surface area (Å²) in [5, 5.41) is 2.85. The molecule has 0 spiro atoms. The molecule has 5 rings (SSSR count). The van der Waals surface area contributed by atoms with E-state index in [0.29, 0.717) is 16.6 Å². The van der Waals surface area contributed by atoms with Gasteiger partial charge in [-0.25, -0.2) is 4.79 Å². The highest BCUT2D eigenvalue weighted by molar-refractivity contribution is 6.56. The van der Waals surface area contributed by atoms with Crippen molar-refractivity contribution in [2.75, 3.05) is 13.2 Å². The number of benzene rings is 3. The third-order valence-corrected chi connectivity index (χ3v) is 7.90. The molecular formula is C31H33BN2O5. The highest BCUT2D eigenvalue weighted by Crippen LogP contribution is 2.44. The molecule has 0 radical (unpaired) electrons. The molecule has 1 heterocycles. The van der Waals surface area contributed by atoms with E-state index in [1.54, 1.807) is 24.3 Å². The highest BCUT2D eigenvalue weighted by Gasteiger charge is 2.52. The topological polar surface area (TPSA) is 99.9 Å². The summed E-state index contributed by atoms with van der Waals surface area (Å²) < 4.78 is 18.2. The number of carbonyl (C=O) groups is 2. The van der Waals surface area contributed by atoms with Gasteiger partial charge in [0.2, 0.25) is 5.91 Å². The van der Waals surface area contributed by atoms with Crippen LogP contribution in [-0.4, -0.2) is 43.5 Å². The van der Waals surface area contributed by atoms with Crippen LogP contribution in [0.2, 0.25) is 0 Å². The minimum atomic E-state index is -0.732. The number of nitrogens with one attached hydrogen (secondary N) is 1. The molecule has 3 aromatic rings. The van der Waals surface area contributed by atoms with Gasteiger partial charge in [-0.15, -0.1) is 0 Å². The molecule has 0 atom stereocenters. The fourth-order valence-electron chi connectivity index (χ4n) is 5.07. The quantitative estimate of drug-likeness (QED) is 0.407. The Kier molecular flexibility index (Phi) is 7.10. The maximum atomic E-state index is 12.9. The summed E-state index contributed by atoms with van der Waals surface area (Å²) >= 11 is 0. The summed E-state index contributed by atoms with van der Waals surface area (Å²) in [6.07, 6.45) is 1.23. The maximum absolute atomic E-state index is 12.9. The van der Waals surface area contributed by atoms with Crippen LogP contribution in [0.3, 0.4) is 0 Å². The van der Waals surface area contributed by atoms with Crippen molar-refractivity contribution in [3.8, 4) is 11.1 Å². The summed E-state index contributed by atoms with van der Waals surface area (Å²) in [5.41, 5.74) is 10.7. The fraction of sp³-hybridized carbons (Fsp3) is 0.290. The van der Waals surface area contributed by atoms with Crippen LogP contribution in [0.1, 0.15) is 60.7 Å². The van der Waals surface area contributed by atoms with Crippen molar-refractivity contribution in [1.82, 2.24) is 5.32 Å². The van der Waals surface area contributed by atoms with E-state index in [9.17, 15) is 9.59 Å². The first kappa shape index (κ1) is 26.7. The van der Waals surface area contributed by atoms with Gasteiger partial charge in [0.25, 0.3) is 0 Å². The lowest BCUT2D eigenvalue weighted by Gasteiger charge is -2.32. The molecule has 1 aliphatic heterocycles. The molecule has 0 saturated carbocycles. The van der Waals surface area contributed by atoms with Crippen LogP contribution in [0, 0.1) is 0 Å². The predicted octanol–water partition coefficient (Wildman–Crippen LogP) is 5.34. The van der Waals surface area contributed by atoms with E-state index in [-0.39, 0.29) is 19.1 Å². The molecule has 2 aliphatic rings. The van der Waals surface area contributed by atoms with E-state index in [1.807, 2.05) is 58.0 Å². The summed E-state index contributed by atoms with van der Waals surface area (Å²) in [4.78, 5) is 24.9. The zero-order chi connectivity index (χ0) is 27.8.